The molecule has 3 N–H and O–H groups in total. The van der Waals surface area contributed by atoms with Gasteiger partial charge >= 0.3 is 0 Å². The number of nitrogens with one attached hydrogen (secondary N) is 1. The van der Waals surface area contributed by atoms with E-state index in [0.717, 1.165) is 5.56 Å². The molecule has 0 heterocycles. The van der Waals surface area contributed by atoms with E-state index in [1.807, 2.05) is 32.0 Å². The van der Waals surface area contributed by atoms with E-state index in [9.17, 15) is 4.79 Å². The molecule has 0 radical (unpaired) electrons. The number of carbonyl (C=O) groups excluding carboxylic acids is 1. The van der Waals surface area contributed by atoms with Crippen molar-refractivity contribution in [3.8, 4) is 5.75 Å². The Bertz CT molecular complexity index is 431. The standard InChI is InChI=1S/C15H24N2O3/c1-4-12(10-16)15(18)17-13-6-5-11(2)9-14(13)20-8-7-19-3/h5-6,9,12H,4,7-8,10,16H2,1-3H3,(H,17,18). The lowest BCUT2D eigenvalue weighted by Gasteiger charge is -2.16. The highest BCUT2D eigenvalue weighted by Crippen LogP contribution is 2.26. The van der Waals surface area contributed by atoms with Crippen LogP contribution < -0.4 is 15.8 Å². The molecule has 0 spiro atoms. The highest BCUT2D eigenvalue weighted by molar-refractivity contribution is 5.94. The van der Waals surface area contributed by atoms with Gasteiger partial charge in [0.25, 0.3) is 0 Å². The number of hydrogen-bond donors (Lipinski definition) is 2. The molecule has 0 aliphatic carbocycles. The van der Waals surface area contributed by atoms with Crippen LogP contribution in [-0.2, 0) is 9.53 Å². The van der Waals surface area contributed by atoms with Gasteiger partial charge in [0, 0.05) is 13.7 Å². The molecular formula is C15H24N2O3. The first-order valence-electron chi connectivity index (χ1n) is 6.85. The highest BCUT2D eigenvalue weighted by Gasteiger charge is 2.16. The molecule has 1 unspecified atom stereocenters. The van der Waals surface area contributed by atoms with Crippen molar-refractivity contribution >= 4 is 11.6 Å². The molecule has 0 aromatic heterocycles. The number of benzene rings is 1. The Morgan fingerprint density at radius 2 is 2.15 bits per heavy atom. The third-order valence-electron chi connectivity index (χ3n) is 3.09. The van der Waals surface area contributed by atoms with Crippen LogP contribution in [0.1, 0.15) is 18.9 Å². The van der Waals surface area contributed by atoms with Crippen LogP contribution in [0.5, 0.6) is 5.75 Å². The van der Waals surface area contributed by atoms with Gasteiger partial charge in [-0.05, 0) is 31.0 Å². The maximum Gasteiger partial charge on any atom is 0.228 e. The Morgan fingerprint density at radius 3 is 2.75 bits per heavy atom. The van der Waals surface area contributed by atoms with Crippen molar-refractivity contribution in [2.24, 2.45) is 11.7 Å². The van der Waals surface area contributed by atoms with Gasteiger partial charge in [0.05, 0.1) is 18.2 Å². The molecule has 112 valence electrons. The molecule has 1 aromatic carbocycles. The summed E-state index contributed by atoms with van der Waals surface area (Å²) in [6.07, 6.45) is 0.716. The molecule has 5 nitrogen and oxygen atoms in total. The SMILES string of the molecule is CCC(CN)C(=O)Nc1ccc(C)cc1OCCOC. The zero-order valence-electron chi connectivity index (χ0n) is 12.4. The lowest BCUT2D eigenvalue weighted by Crippen LogP contribution is -2.28. The van der Waals surface area contributed by atoms with E-state index >= 15 is 0 Å². The summed E-state index contributed by atoms with van der Waals surface area (Å²) < 4.78 is 10.6. The van der Waals surface area contributed by atoms with E-state index in [0.29, 0.717) is 37.6 Å². The average molecular weight is 280 g/mol. The minimum atomic E-state index is -0.178. The molecule has 1 aromatic rings. The first-order valence-corrected chi connectivity index (χ1v) is 6.85. The van der Waals surface area contributed by atoms with Gasteiger partial charge in [-0.3, -0.25) is 4.79 Å². The van der Waals surface area contributed by atoms with Crippen LogP contribution in [0.4, 0.5) is 5.69 Å². The summed E-state index contributed by atoms with van der Waals surface area (Å²) in [5.74, 6) is 0.404. The number of nitrogens with two attached hydrogens (primary N) is 1. The molecule has 0 aliphatic rings. The van der Waals surface area contributed by atoms with Crippen molar-refractivity contribution in [1.29, 1.82) is 0 Å². The van der Waals surface area contributed by atoms with E-state index in [4.69, 9.17) is 15.2 Å². The Kier molecular flexibility index (Phi) is 7.04. The number of carbonyl (C=O) groups is 1. The maximum atomic E-state index is 12.1. The summed E-state index contributed by atoms with van der Waals surface area (Å²) in [7, 11) is 1.62. The summed E-state index contributed by atoms with van der Waals surface area (Å²) in [6.45, 7) is 5.21. The lowest BCUT2D eigenvalue weighted by atomic mass is 10.1. The lowest BCUT2D eigenvalue weighted by molar-refractivity contribution is -0.119. The molecule has 0 saturated carbocycles. The van der Waals surface area contributed by atoms with E-state index in [2.05, 4.69) is 5.32 Å². The zero-order valence-corrected chi connectivity index (χ0v) is 12.4. The summed E-state index contributed by atoms with van der Waals surface area (Å²) >= 11 is 0. The van der Waals surface area contributed by atoms with Gasteiger partial charge in [0.1, 0.15) is 12.4 Å². The molecule has 1 atom stereocenters. The quantitative estimate of drug-likeness (QED) is 0.714. The number of amides is 1. The Hall–Kier alpha value is -1.59. The fraction of sp³-hybridized carbons (Fsp3) is 0.533. The Labute approximate surface area is 120 Å². The van der Waals surface area contributed by atoms with Crippen LogP contribution in [0.15, 0.2) is 18.2 Å². The van der Waals surface area contributed by atoms with Crippen LogP contribution in [0.25, 0.3) is 0 Å². The molecule has 1 amide bonds. The van der Waals surface area contributed by atoms with E-state index in [1.165, 1.54) is 0 Å². The number of ether oxygens (including phenoxy) is 2. The van der Waals surface area contributed by atoms with Crippen molar-refractivity contribution in [2.75, 3.05) is 32.2 Å². The number of rotatable bonds is 8. The first-order chi connectivity index (χ1) is 9.62. The van der Waals surface area contributed by atoms with E-state index in [-0.39, 0.29) is 11.8 Å². The number of hydrogen-bond acceptors (Lipinski definition) is 4. The molecule has 0 saturated heterocycles. The monoisotopic (exact) mass is 280 g/mol. The van der Waals surface area contributed by atoms with E-state index in [1.54, 1.807) is 7.11 Å². The minimum absolute atomic E-state index is 0.0737. The molecule has 1 rings (SSSR count). The maximum absolute atomic E-state index is 12.1. The molecule has 0 fully saturated rings. The topological polar surface area (TPSA) is 73.6 Å². The second kappa shape index (κ2) is 8.55. The molecule has 0 bridgehead atoms. The Morgan fingerprint density at radius 1 is 1.40 bits per heavy atom. The van der Waals surface area contributed by atoms with Crippen molar-refractivity contribution in [1.82, 2.24) is 0 Å². The molecule has 0 aliphatic heterocycles. The summed E-state index contributed by atoms with van der Waals surface area (Å²) in [5, 5.41) is 2.88. The van der Waals surface area contributed by atoms with Gasteiger partial charge in [0.2, 0.25) is 5.91 Å². The summed E-state index contributed by atoms with van der Waals surface area (Å²) in [6, 6.07) is 5.68. The fourth-order valence-electron chi connectivity index (χ4n) is 1.78. The van der Waals surface area contributed by atoms with Gasteiger partial charge in [-0.2, -0.15) is 0 Å². The first kappa shape index (κ1) is 16.5. The van der Waals surface area contributed by atoms with Crippen LogP contribution in [0.3, 0.4) is 0 Å². The predicted molar refractivity (Wildman–Crippen MR) is 80.0 cm³/mol. The van der Waals surface area contributed by atoms with Gasteiger partial charge in [0.15, 0.2) is 0 Å². The molecule has 5 heteroatoms. The number of anilines is 1. The third kappa shape index (κ3) is 4.83. The smallest absolute Gasteiger partial charge is 0.228 e. The summed E-state index contributed by atoms with van der Waals surface area (Å²) in [4.78, 5) is 12.1. The van der Waals surface area contributed by atoms with Crippen molar-refractivity contribution in [3.05, 3.63) is 23.8 Å². The van der Waals surface area contributed by atoms with Gasteiger partial charge < -0.3 is 20.5 Å². The average Bonchev–Trinajstić information content (AvgIpc) is 2.43. The van der Waals surface area contributed by atoms with Gasteiger partial charge in [-0.25, -0.2) is 0 Å². The number of methoxy groups -OCH3 is 1. The van der Waals surface area contributed by atoms with Crippen molar-refractivity contribution in [2.45, 2.75) is 20.3 Å². The van der Waals surface area contributed by atoms with E-state index < -0.39 is 0 Å². The van der Waals surface area contributed by atoms with Gasteiger partial charge in [-0.15, -0.1) is 0 Å². The molecular weight excluding hydrogens is 256 g/mol. The normalized spacial score (nSPS) is 12.0. The number of aryl methyl sites for hydroxylation is 1. The van der Waals surface area contributed by atoms with Crippen LogP contribution >= 0.6 is 0 Å². The van der Waals surface area contributed by atoms with Crippen molar-refractivity contribution in [3.63, 3.8) is 0 Å². The second-order valence-electron chi connectivity index (χ2n) is 4.67. The molecule has 20 heavy (non-hydrogen) atoms. The second-order valence-corrected chi connectivity index (χ2v) is 4.67. The van der Waals surface area contributed by atoms with Crippen molar-refractivity contribution < 1.29 is 14.3 Å². The fourth-order valence-corrected chi connectivity index (χ4v) is 1.78. The predicted octanol–water partition coefficient (Wildman–Crippen LogP) is 1.94. The third-order valence-corrected chi connectivity index (χ3v) is 3.09. The largest absolute Gasteiger partial charge is 0.489 e. The van der Waals surface area contributed by atoms with Crippen LogP contribution in [-0.4, -0.2) is 32.8 Å². The highest BCUT2D eigenvalue weighted by atomic mass is 16.5. The zero-order chi connectivity index (χ0) is 15.0. The summed E-state index contributed by atoms with van der Waals surface area (Å²) in [5.41, 5.74) is 7.33. The minimum Gasteiger partial charge on any atom is -0.489 e. The van der Waals surface area contributed by atoms with Crippen LogP contribution in [0.2, 0.25) is 0 Å². The Balaban J connectivity index is 2.79. The van der Waals surface area contributed by atoms with Crippen LogP contribution in [0, 0.1) is 12.8 Å². The van der Waals surface area contributed by atoms with Gasteiger partial charge in [-0.1, -0.05) is 13.0 Å².